The molecule has 0 saturated heterocycles. The van der Waals surface area contributed by atoms with E-state index in [4.69, 9.17) is 5.11 Å². The summed E-state index contributed by atoms with van der Waals surface area (Å²) in [6, 6.07) is 5.84. The Balaban J connectivity index is 2.74. The summed E-state index contributed by atoms with van der Waals surface area (Å²) in [7, 11) is 0. The SMILES string of the molecule is O=C(O)c1cc(-c2c(F)cccc2F)cc([N+](=O)[O-])c1. The molecule has 102 valence electrons. The summed E-state index contributed by atoms with van der Waals surface area (Å²) in [4.78, 5) is 20.8. The summed E-state index contributed by atoms with van der Waals surface area (Å²) in [5.41, 5.74) is -1.68. The van der Waals surface area contributed by atoms with Gasteiger partial charge in [0.1, 0.15) is 11.6 Å². The average molecular weight is 279 g/mol. The summed E-state index contributed by atoms with van der Waals surface area (Å²) in [5.74, 6) is -3.28. The van der Waals surface area contributed by atoms with E-state index >= 15 is 0 Å². The third kappa shape index (κ3) is 2.46. The zero-order valence-electron chi connectivity index (χ0n) is 9.84. The van der Waals surface area contributed by atoms with Crippen molar-refractivity contribution in [3.63, 3.8) is 0 Å². The lowest BCUT2D eigenvalue weighted by Crippen LogP contribution is -2.00. The van der Waals surface area contributed by atoms with Crippen molar-refractivity contribution >= 4 is 11.7 Å². The first-order valence-corrected chi connectivity index (χ1v) is 5.37. The Morgan fingerprint density at radius 1 is 1.15 bits per heavy atom. The molecule has 2 aromatic carbocycles. The molecule has 0 fully saturated rings. The van der Waals surface area contributed by atoms with E-state index < -0.39 is 39.3 Å². The molecule has 5 nitrogen and oxygen atoms in total. The number of nitrogens with zero attached hydrogens (tertiary/aromatic N) is 1. The van der Waals surface area contributed by atoms with E-state index in [0.29, 0.717) is 0 Å². The van der Waals surface area contributed by atoms with Crippen LogP contribution in [0.15, 0.2) is 36.4 Å². The van der Waals surface area contributed by atoms with Gasteiger partial charge < -0.3 is 5.11 Å². The van der Waals surface area contributed by atoms with Gasteiger partial charge in [0, 0.05) is 12.1 Å². The van der Waals surface area contributed by atoms with Gasteiger partial charge in [-0.2, -0.15) is 0 Å². The molecule has 0 aromatic heterocycles. The van der Waals surface area contributed by atoms with Crippen LogP contribution < -0.4 is 0 Å². The van der Waals surface area contributed by atoms with Gasteiger partial charge in [0.05, 0.1) is 16.1 Å². The molecular formula is C13H7F2NO4. The van der Waals surface area contributed by atoms with Gasteiger partial charge in [0.2, 0.25) is 0 Å². The van der Waals surface area contributed by atoms with Gasteiger partial charge >= 0.3 is 5.97 Å². The molecular weight excluding hydrogens is 272 g/mol. The number of benzene rings is 2. The van der Waals surface area contributed by atoms with Crippen LogP contribution in [0.1, 0.15) is 10.4 Å². The number of carboxylic acid groups (broad SMARTS) is 1. The first kappa shape index (κ1) is 13.6. The second-order valence-corrected chi connectivity index (χ2v) is 3.93. The van der Waals surface area contributed by atoms with Crippen LogP contribution in [0.2, 0.25) is 0 Å². The van der Waals surface area contributed by atoms with Crippen molar-refractivity contribution in [2.24, 2.45) is 0 Å². The fourth-order valence-corrected chi connectivity index (χ4v) is 1.76. The minimum Gasteiger partial charge on any atom is -0.478 e. The van der Waals surface area contributed by atoms with Gasteiger partial charge in [-0.1, -0.05) is 6.07 Å². The summed E-state index contributed by atoms with van der Waals surface area (Å²) in [5, 5.41) is 19.6. The Hall–Kier alpha value is -2.83. The molecule has 0 aliphatic heterocycles. The third-order valence-corrected chi connectivity index (χ3v) is 2.63. The molecule has 0 bridgehead atoms. The maximum atomic E-state index is 13.6. The third-order valence-electron chi connectivity index (χ3n) is 2.63. The lowest BCUT2D eigenvalue weighted by atomic mass is 10.0. The number of non-ortho nitro benzene ring substituents is 1. The minimum atomic E-state index is -1.42. The molecule has 0 aliphatic rings. The standard InChI is InChI=1S/C13H7F2NO4/c14-10-2-1-3-11(15)12(10)7-4-8(13(17)18)6-9(5-7)16(19)20/h1-6H,(H,17,18). The molecule has 2 rings (SSSR count). The second kappa shape index (κ2) is 5.04. The fourth-order valence-electron chi connectivity index (χ4n) is 1.76. The van der Waals surface area contributed by atoms with E-state index in [2.05, 4.69) is 0 Å². The molecule has 1 N–H and O–H groups in total. The van der Waals surface area contributed by atoms with Gasteiger partial charge in [0.15, 0.2) is 0 Å². The van der Waals surface area contributed by atoms with Gasteiger partial charge in [-0.3, -0.25) is 10.1 Å². The zero-order valence-corrected chi connectivity index (χ0v) is 9.84. The van der Waals surface area contributed by atoms with E-state index in [9.17, 15) is 23.7 Å². The molecule has 7 heteroatoms. The van der Waals surface area contributed by atoms with E-state index in [-0.39, 0.29) is 5.56 Å². The normalized spacial score (nSPS) is 10.3. The Morgan fingerprint density at radius 3 is 2.25 bits per heavy atom. The highest BCUT2D eigenvalue weighted by Crippen LogP contribution is 2.30. The Bertz CT molecular complexity index is 663. The summed E-state index contributed by atoms with van der Waals surface area (Å²) >= 11 is 0. The minimum absolute atomic E-state index is 0.202. The van der Waals surface area contributed by atoms with Crippen LogP contribution in [0, 0.1) is 21.7 Å². The number of halogens is 2. The molecule has 0 atom stereocenters. The number of hydrogen-bond donors (Lipinski definition) is 1. The van der Waals surface area contributed by atoms with E-state index in [1.165, 1.54) is 0 Å². The molecule has 0 saturated carbocycles. The van der Waals surface area contributed by atoms with Crippen molar-refractivity contribution in [3.8, 4) is 11.1 Å². The van der Waals surface area contributed by atoms with E-state index in [1.54, 1.807) is 0 Å². The smallest absolute Gasteiger partial charge is 0.335 e. The molecule has 0 amide bonds. The van der Waals surface area contributed by atoms with Gasteiger partial charge in [-0.05, 0) is 23.8 Å². The van der Waals surface area contributed by atoms with Crippen LogP contribution in [0.25, 0.3) is 11.1 Å². The lowest BCUT2D eigenvalue weighted by molar-refractivity contribution is -0.384. The topological polar surface area (TPSA) is 80.4 Å². The Kier molecular flexibility index (Phi) is 3.43. The van der Waals surface area contributed by atoms with Crippen LogP contribution in [-0.4, -0.2) is 16.0 Å². The Labute approximate surface area is 111 Å². The van der Waals surface area contributed by atoms with Crippen molar-refractivity contribution in [3.05, 3.63) is 63.7 Å². The first-order chi connectivity index (χ1) is 9.40. The van der Waals surface area contributed by atoms with Gasteiger partial charge in [-0.25, -0.2) is 13.6 Å². The first-order valence-electron chi connectivity index (χ1n) is 5.37. The number of hydrogen-bond acceptors (Lipinski definition) is 3. The number of rotatable bonds is 3. The number of nitro benzene ring substituents is 1. The number of aromatic carboxylic acids is 1. The maximum Gasteiger partial charge on any atom is 0.335 e. The molecule has 0 unspecified atom stereocenters. The predicted octanol–water partition coefficient (Wildman–Crippen LogP) is 3.24. The van der Waals surface area contributed by atoms with Gasteiger partial charge in [-0.15, -0.1) is 0 Å². The summed E-state index contributed by atoms with van der Waals surface area (Å²) in [6.07, 6.45) is 0. The highest BCUT2D eigenvalue weighted by atomic mass is 19.1. The van der Waals surface area contributed by atoms with Crippen molar-refractivity contribution in [2.75, 3.05) is 0 Å². The lowest BCUT2D eigenvalue weighted by Gasteiger charge is -2.06. The molecule has 0 radical (unpaired) electrons. The Morgan fingerprint density at radius 2 is 1.75 bits per heavy atom. The molecule has 0 aliphatic carbocycles. The van der Waals surface area contributed by atoms with Crippen LogP contribution in [0.4, 0.5) is 14.5 Å². The fraction of sp³-hybridized carbons (Fsp3) is 0. The van der Waals surface area contributed by atoms with Crippen molar-refractivity contribution in [1.82, 2.24) is 0 Å². The van der Waals surface area contributed by atoms with Crippen LogP contribution in [-0.2, 0) is 0 Å². The monoisotopic (exact) mass is 279 g/mol. The largest absolute Gasteiger partial charge is 0.478 e. The van der Waals surface area contributed by atoms with Crippen LogP contribution in [0.3, 0.4) is 0 Å². The van der Waals surface area contributed by atoms with E-state index in [1.807, 2.05) is 0 Å². The predicted molar refractivity (Wildman–Crippen MR) is 65.4 cm³/mol. The van der Waals surface area contributed by atoms with Crippen molar-refractivity contribution < 1.29 is 23.6 Å². The maximum absolute atomic E-state index is 13.6. The summed E-state index contributed by atoms with van der Waals surface area (Å²) < 4.78 is 27.3. The second-order valence-electron chi connectivity index (χ2n) is 3.93. The van der Waals surface area contributed by atoms with Crippen molar-refractivity contribution in [2.45, 2.75) is 0 Å². The highest BCUT2D eigenvalue weighted by molar-refractivity contribution is 5.90. The molecule has 2 aromatic rings. The quantitative estimate of drug-likeness (QED) is 0.690. The number of carboxylic acids is 1. The van der Waals surface area contributed by atoms with Gasteiger partial charge in [0.25, 0.3) is 5.69 Å². The molecule has 20 heavy (non-hydrogen) atoms. The molecule has 0 heterocycles. The highest BCUT2D eigenvalue weighted by Gasteiger charge is 2.18. The number of carbonyl (C=O) groups is 1. The average Bonchev–Trinajstić information content (AvgIpc) is 2.38. The molecule has 0 spiro atoms. The zero-order chi connectivity index (χ0) is 14.9. The summed E-state index contributed by atoms with van der Waals surface area (Å²) in [6.45, 7) is 0. The number of nitro groups is 1. The van der Waals surface area contributed by atoms with Crippen molar-refractivity contribution in [1.29, 1.82) is 0 Å². The van der Waals surface area contributed by atoms with Crippen LogP contribution in [0.5, 0.6) is 0 Å². The van der Waals surface area contributed by atoms with E-state index in [0.717, 1.165) is 36.4 Å². The van der Waals surface area contributed by atoms with Crippen LogP contribution >= 0.6 is 0 Å².